The summed E-state index contributed by atoms with van der Waals surface area (Å²) in [6, 6.07) is 13.3. The van der Waals surface area contributed by atoms with Gasteiger partial charge in [-0.1, -0.05) is 48.5 Å². The highest BCUT2D eigenvalue weighted by atomic mass is 19.3. The molecule has 1 unspecified atom stereocenters. The molecule has 1 atom stereocenters. The Morgan fingerprint density at radius 2 is 1.52 bits per heavy atom. The number of fused-ring (bicyclic) bond motifs is 1. The molecular formula is C17H13F2NO. The third kappa shape index (κ3) is 2.62. The Hall–Kier alpha value is -2.33. The largest absolute Gasteiger partial charge is 0.384 e. The van der Waals surface area contributed by atoms with Crippen LogP contribution in [0.3, 0.4) is 0 Å². The molecule has 1 heterocycles. The lowest BCUT2D eigenvalue weighted by Gasteiger charge is -2.14. The normalized spacial score (nSPS) is 12.8. The Morgan fingerprint density at radius 1 is 0.857 bits per heavy atom. The van der Waals surface area contributed by atoms with Crippen LogP contribution < -0.4 is 0 Å². The van der Waals surface area contributed by atoms with Crippen molar-refractivity contribution in [2.24, 2.45) is 0 Å². The van der Waals surface area contributed by atoms with Gasteiger partial charge in [-0.25, -0.2) is 8.78 Å². The Bertz CT molecular complexity index is 751. The van der Waals surface area contributed by atoms with Crippen LogP contribution in [0.2, 0.25) is 0 Å². The van der Waals surface area contributed by atoms with Gasteiger partial charge in [0, 0.05) is 28.9 Å². The van der Waals surface area contributed by atoms with E-state index >= 15 is 0 Å². The first-order valence-electron chi connectivity index (χ1n) is 6.55. The number of hydrogen-bond acceptors (Lipinski definition) is 2. The summed E-state index contributed by atoms with van der Waals surface area (Å²) >= 11 is 0. The second-order valence-corrected chi connectivity index (χ2v) is 4.82. The zero-order chi connectivity index (χ0) is 14.8. The van der Waals surface area contributed by atoms with E-state index in [1.807, 2.05) is 24.3 Å². The van der Waals surface area contributed by atoms with Crippen molar-refractivity contribution in [3.05, 3.63) is 77.6 Å². The van der Waals surface area contributed by atoms with E-state index in [-0.39, 0.29) is 5.56 Å². The van der Waals surface area contributed by atoms with Crippen molar-refractivity contribution in [1.29, 1.82) is 0 Å². The van der Waals surface area contributed by atoms with Crippen molar-refractivity contribution < 1.29 is 13.9 Å². The van der Waals surface area contributed by atoms with Crippen LogP contribution in [0.25, 0.3) is 10.8 Å². The molecule has 0 saturated heterocycles. The zero-order valence-corrected chi connectivity index (χ0v) is 11.1. The van der Waals surface area contributed by atoms with Gasteiger partial charge in [-0.3, -0.25) is 4.98 Å². The summed E-state index contributed by atoms with van der Waals surface area (Å²) < 4.78 is 25.1. The van der Waals surface area contributed by atoms with Crippen molar-refractivity contribution in [2.45, 2.75) is 12.5 Å². The second kappa shape index (κ2) is 5.58. The van der Waals surface area contributed by atoms with Crippen LogP contribution in [-0.2, 0) is 0 Å². The molecule has 106 valence electrons. The summed E-state index contributed by atoms with van der Waals surface area (Å²) in [5.74, 6) is 0. The van der Waals surface area contributed by atoms with Crippen LogP contribution in [-0.4, -0.2) is 10.1 Å². The van der Waals surface area contributed by atoms with Gasteiger partial charge < -0.3 is 5.11 Å². The quantitative estimate of drug-likeness (QED) is 0.780. The highest BCUT2D eigenvalue weighted by Crippen LogP contribution is 2.29. The predicted molar refractivity (Wildman–Crippen MR) is 77.2 cm³/mol. The van der Waals surface area contributed by atoms with Crippen LogP contribution >= 0.6 is 0 Å². The summed E-state index contributed by atoms with van der Waals surface area (Å²) in [5, 5.41) is 12.3. The predicted octanol–water partition coefficient (Wildman–Crippen LogP) is 4.25. The summed E-state index contributed by atoms with van der Waals surface area (Å²) in [4.78, 5) is 4.13. The van der Waals surface area contributed by atoms with Gasteiger partial charge in [-0.05, 0) is 10.9 Å². The number of hydrogen-bond donors (Lipinski definition) is 1. The van der Waals surface area contributed by atoms with E-state index < -0.39 is 12.5 Å². The number of aliphatic hydroxyl groups is 1. The molecule has 1 aromatic heterocycles. The van der Waals surface area contributed by atoms with E-state index in [1.165, 1.54) is 24.3 Å². The lowest BCUT2D eigenvalue weighted by molar-refractivity contribution is 0.151. The van der Waals surface area contributed by atoms with Crippen LogP contribution in [0.15, 0.2) is 60.9 Å². The first-order valence-corrected chi connectivity index (χ1v) is 6.55. The SMILES string of the molecule is OC(c1ccc(C(F)F)cc1)c1cncc2ccccc12. The monoisotopic (exact) mass is 285 g/mol. The highest BCUT2D eigenvalue weighted by molar-refractivity contribution is 5.85. The van der Waals surface area contributed by atoms with Gasteiger partial charge in [0.05, 0.1) is 0 Å². The number of rotatable bonds is 3. The molecule has 0 aliphatic rings. The molecular weight excluding hydrogens is 272 g/mol. The molecule has 0 aliphatic carbocycles. The van der Waals surface area contributed by atoms with Gasteiger partial charge in [0.2, 0.25) is 0 Å². The van der Waals surface area contributed by atoms with E-state index in [0.717, 1.165) is 10.8 Å². The molecule has 0 amide bonds. The number of benzene rings is 2. The van der Waals surface area contributed by atoms with Crippen molar-refractivity contribution >= 4 is 10.8 Å². The van der Waals surface area contributed by atoms with E-state index in [2.05, 4.69) is 4.98 Å². The summed E-state index contributed by atoms with van der Waals surface area (Å²) in [6.07, 6.45) is -0.0647. The molecule has 3 rings (SSSR count). The fourth-order valence-electron chi connectivity index (χ4n) is 2.36. The van der Waals surface area contributed by atoms with Gasteiger partial charge in [-0.2, -0.15) is 0 Å². The van der Waals surface area contributed by atoms with E-state index in [1.54, 1.807) is 12.4 Å². The first-order chi connectivity index (χ1) is 10.2. The molecule has 2 aromatic carbocycles. The molecule has 1 N–H and O–H groups in total. The second-order valence-electron chi connectivity index (χ2n) is 4.82. The summed E-state index contributed by atoms with van der Waals surface area (Å²) in [7, 11) is 0. The third-order valence-electron chi connectivity index (χ3n) is 3.50. The molecule has 3 aromatic rings. The molecule has 0 saturated carbocycles. The molecule has 0 spiro atoms. The maximum atomic E-state index is 12.6. The van der Waals surface area contributed by atoms with Crippen LogP contribution in [0.4, 0.5) is 8.78 Å². The van der Waals surface area contributed by atoms with Gasteiger partial charge >= 0.3 is 0 Å². The highest BCUT2D eigenvalue weighted by Gasteiger charge is 2.15. The number of nitrogens with zero attached hydrogens (tertiary/aromatic N) is 1. The van der Waals surface area contributed by atoms with E-state index in [4.69, 9.17) is 0 Å². The average Bonchev–Trinajstić information content (AvgIpc) is 2.53. The number of alkyl halides is 2. The van der Waals surface area contributed by atoms with Gasteiger partial charge in [0.15, 0.2) is 0 Å². The standard InChI is InChI=1S/C17H13F2NO/c18-17(19)12-7-5-11(6-8-12)16(21)15-10-20-9-13-3-1-2-4-14(13)15/h1-10,16-17,21H. The van der Waals surface area contributed by atoms with E-state index in [9.17, 15) is 13.9 Å². The summed E-state index contributed by atoms with van der Waals surface area (Å²) in [6.45, 7) is 0. The average molecular weight is 285 g/mol. The van der Waals surface area contributed by atoms with Crippen LogP contribution in [0.5, 0.6) is 0 Å². The molecule has 21 heavy (non-hydrogen) atoms. The van der Waals surface area contributed by atoms with Crippen LogP contribution in [0, 0.1) is 0 Å². The molecule has 0 radical (unpaired) electrons. The van der Waals surface area contributed by atoms with Crippen molar-refractivity contribution in [1.82, 2.24) is 4.98 Å². The fraction of sp³-hybridized carbons (Fsp3) is 0.118. The smallest absolute Gasteiger partial charge is 0.263 e. The molecule has 0 bridgehead atoms. The Balaban J connectivity index is 2.02. The number of halogens is 2. The Kier molecular flexibility index (Phi) is 3.62. The molecule has 2 nitrogen and oxygen atoms in total. The van der Waals surface area contributed by atoms with E-state index in [0.29, 0.717) is 11.1 Å². The van der Waals surface area contributed by atoms with Crippen molar-refractivity contribution in [2.75, 3.05) is 0 Å². The van der Waals surface area contributed by atoms with Gasteiger partial charge in [0.1, 0.15) is 6.10 Å². The van der Waals surface area contributed by atoms with Gasteiger partial charge in [0.25, 0.3) is 6.43 Å². The zero-order valence-electron chi connectivity index (χ0n) is 11.1. The Morgan fingerprint density at radius 3 is 2.24 bits per heavy atom. The maximum absolute atomic E-state index is 12.6. The number of aliphatic hydroxyl groups excluding tert-OH is 1. The molecule has 4 heteroatoms. The first kappa shape index (κ1) is 13.6. The summed E-state index contributed by atoms with van der Waals surface area (Å²) in [5.41, 5.74) is 1.18. The maximum Gasteiger partial charge on any atom is 0.263 e. The molecule has 0 aliphatic heterocycles. The lowest BCUT2D eigenvalue weighted by atomic mass is 9.97. The minimum atomic E-state index is -2.50. The minimum absolute atomic E-state index is 0.0537. The fourth-order valence-corrected chi connectivity index (χ4v) is 2.36. The molecule has 0 fully saturated rings. The third-order valence-corrected chi connectivity index (χ3v) is 3.50. The minimum Gasteiger partial charge on any atom is -0.384 e. The topological polar surface area (TPSA) is 33.1 Å². The van der Waals surface area contributed by atoms with Crippen molar-refractivity contribution in [3.63, 3.8) is 0 Å². The lowest BCUT2D eigenvalue weighted by Crippen LogP contribution is -2.01. The van der Waals surface area contributed by atoms with Crippen molar-refractivity contribution in [3.8, 4) is 0 Å². The number of pyridine rings is 1. The van der Waals surface area contributed by atoms with Crippen LogP contribution in [0.1, 0.15) is 29.2 Å². The van der Waals surface area contributed by atoms with Gasteiger partial charge in [-0.15, -0.1) is 0 Å². The number of aromatic nitrogens is 1. The Labute approximate surface area is 120 Å².